The number of amides is 1. The molecule has 0 radical (unpaired) electrons. The highest BCUT2D eigenvalue weighted by Crippen LogP contribution is 2.26. The zero-order chi connectivity index (χ0) is 16.4. The molecule has 3 heterocycles. The summed E-state index contributed by atoms with van der Waals surface area (Å²) in [7, 11) is -3.44. The first-order valence-electron chi connectivity index (χ1n) is 7.44. The van der Waals surface area contributed by atoms with E-state index in [-0.39, 0.29) is 5.91 Å². The van der Waals surface area contributed by atoms with Gasteiger partial charge in [-0.05, 0) is 30.0 Å². The molecular weight excluding hydrogens is 352 g/mol. The summed E-state index contributed by atoms with van der Waals surface area (Å²) in [5, 5.41) is 1.87. The molecule has 0 unspecified atom stereocenters. The molecule has 124 valence electrons. The molecule has 1 saturated heterocycles. The van der Waals surface area contributed by atoms with Gasteiger partial charge in [0.2, 0.25) is 0 Å². The number of nitrogens with zero attached hydrogens (tertiary/aromatic N) is 2. The fourth-order valence-corrected chi connectivity index (χ4v) is 6.06. The van der Waals surface area contributed by atoms with Gasteiger partial charge in [-0.25, -0.2) is 8.42 Å². The second-order valence-electron chi connectivity index (χ2n) is 5.25. The van der Waals surface area contributed by atoms with Crippen LogP contribution in [0.5, 0.6) is 0 Å². The van der Waals surface area contributed by atoms with Crippen molar-refractivity contribution >= 4 is 38.6 Å². The standard InChI is InChI=1S/C15H18N2O3S3/c1-2-12-5-6-14(22-12)23(19,20)17-9-7-16(8-10-17)15(18)13-4-3-11-21-13/h3-6,11H,2,7-10H2,1H3. The number of hydrogen-bond donors (Lipinski definition) is 0. The van der Waals surface area contributed by atoms with E-state index in [2.05, 4.69) is 0 Å². The number of piperazine rings is 1. The Hall–Kier alpha value is -1.22. The molecule has 2 aromatic heterocycles. The molecule has 1 amide bonds. The summed E-state index contributed by atoms with van der Waals surface area (Å²) in [5.74, 6) is -0.0126. The molecule has 1 aliphatic heterocycles. The Morgan fingerprint density at radius 2 is 1.91 bits per heavy atom. The molecule has 0 N–H and O–H groups in total. The first-order chi connectivity index (χ1) is 11.0. The van der Waals surface area contributed by atoms with Gasteiger partial charge in [0, 0.05) is 31.1 Å². The van der Waals surface area contributed by atoms with Crippen LogP contribution < -0.4 is 0 Å². The van der Waals surface area contributed by atoms with Gasteiger partial charge in [0.15, 0.2) is 0 Å². The maximum absolute atomic E-state index is 12.7. The topological polar surface area (TPSA) is 57.7 Å². The van der Waals surface area contributed by atoms with E-state index < -0.39 is 10.0 Å². The lowest BCUT2D eigenvalue weighted by molar-refractivity contribution is 0.0703. The van der Waals surface area contributed by atoms with Gasteiger partial charge in [0.25, 0.3) is 15.9 Å². The maximum atomic E-state index is 12.7. The monoisotopic (exact) mass is 370 g/mol. The number of carbonyl (C=O) groups excluding carboxylic acids is 1. The molecule has 0 aliphatic carbocycles. The molecule has 2 aromatic rings. The predicted molar refractivity (Wildman–Crippen MR) is 92.7 cm³/mol. The molecule has 0 bridgehead atoms. The van der Waals surface area contributed by atoms with Gasteiger partial charge < -0.3 is 4.90 Å². The van der Waals surface area contributed by atoms with E-state index in [1.165, 1.54) is 27.0 Å². The van der Waals surface area contributed by atoms with Crippen LogP contribution in [0, 0.1) is 0 Å². The van der Waals surface area contributed by atoms with E-state index in [1.54, 1.807) is 17.0 Å². The fraction of sp³-hybridized carbons (Fsp3) is 0.400. The molecule has 3 rings (SSSR count). The third-order valence-corrected chi connectivity index (χ3v) is 8.29. The van der Waals surface area contributed by atoms with Gasteiger partial charge in [0.1, 0.15) is 4.21 Å². The highest BCUT2D eigenvalue weighted by Gasteiger charge is 2.31. The molecule has 0 spiro atoms. The predicted octanol–water partition coefficient (Wildman–Crippen LogP) is 2.52. The Morgan fingerprint density at radius 3 is 2.48 bits per heavy atom. The zero-order valence-corrected chi connectivity index (χ0v) is 15.2. The Balaban J connectivity index is 1.67. The smallest absolute Gasteiger partial charge is 0.264 e. The van der Waals surface area contributed by atoms with Crippen molar-refractivity contribution in [2.45, 2.75) is 17.6 Å². The molecular formula is C15H18N2O3S3. The number of thiophene rings is 2. The number of aryl methyl sites for hydroxylation is 1. The lowest BCUT2D eigenvalue weighted by Crippen LogP contribution is -2.50. The van der Waals surface area contributed by atoms with E-state index in [1.807, 2.05) is 24.4 Å². The molecule has 8 heteroatoms. The summed E-state index contributed by atoms with van der Waals surface area (Å²) >= 11 is 2.74. The van der Waals surface area contributed by atoms with Crippen molar-refractivity contribution in [1.29, 1.82) is 0 Å². The first-order valence-corrected chi connectivity index (χ1v) is 10.6. The third kappa shape index (κ3) is 3.35. The van der Waals surface area contributed by atoms with E-state index in [0.717, 1.165) is 11.3 Å². The lowest BCUT2D eigenvalue weighted by Gasteiger charge is -2.33. The van der Waals surface area contributed by atoms with Gasteiger partial charge in [-0.1, -0.05) is 13.0 Å². The lowest BCUT2D eigenvalue weighted by atomic mass is 10.3. The van der Waals surface area contributed by atoms with Crippen molar-refractivity contribution < 1.29 is 13.2 Å². The van der Waals surface area contributed by atoms with Gasteiger partial charge >= 0.3 is 0 Å². The van der Waals surface area contributed by atoms with Crippen LogP contribution >= 0.6 is 22.7 Å². The van der Waals surface area contributed by atoms with Crippen LogP contribution in [0.15, 0.2) is 33.9 Å². The number of hydrogen-bond acceptors (Lipinski definition) is 5. The summed E-state index contributed by atoms with van der Waals surface area (Å²) in [5.41, 5.74) is 0. The zero-order valence-electron chi connectivity index (χ0n) is 12.8. The molecule has 5 nitrogen and oxygen atoms in total. The second kappa shape index (κ2) is 6.72. The van der Waals surface area contributed by atoms with Crippen LogP contribution in [-0.4, -0.2) is 49.7 Å². The largest absolute Gasteiger partial charge is 0.335 e. The number of carbonyl (C=O) groups is 1. The van der Waals surface area contributed by atoms with Crippen LogP contribution in [0.3, 0.4) is 0 Å². The van der Waals surface area contributed by atoms with E-state index >= 15 is 0 Å². The minimum absolute atomic E-state index is 0.0126. The second-order valence-corrected chi connectivity index (χ2v) is 9.53. The highest BCUT2D eigenvalue weighted by molar-refractivity contribution is 7.91. The fourth-order valence-electron chi connectivity index (χ4n) is 2.50. The number of rotatable bonds is 4. The Labute approximate surface area is 144 Å². The minimum Gasteiger partial charge on any atom is -0.335 e. The van der Waals surface area contributed by atoms with Crippen LogP contribution in [-0.2, 0) is 16.4 Å². The molecule has 0 atom stereocenters. The Morgan fingerprint density at radius 1 is 1.17 bits per heavy atom. The molecule has 23 heavy (non-hydrogen) atoms. The van der Waals surface area contributed by atoms with E-state index in [9.17, 15) is 13.2 Å². The van der Waals surface area contributed by atoms with Crippen molar-refractivity contribution in [1.82, 2.24) is 9.21 Å². The minimum atomic E-state index is -3.44. The number of sulfonamides is 1. The molecule has 1 aliphatic rings. The van der Waals surface area contributed by atoms with Gasteiger partial charge in [0.05, 0.1) is 4.88 Å². The molecule has 0 saturated carbocycles. The van der Waals surface area contributed by atoms with Gasteiger partial charge in [-0.3, -0.25) is 4.79 Å². The summed E-state index contributed by atoms with van der Waals surface area (Å²) in [6.07, 6.45) is 0.837. The van der Waals surface area contributed by atoms with Gasteiger partial charge in [-0.2, -0.15) is 4.31 Å². The van der Waals surface area contributed by atoms with Crippen LogP contribution in [0.2, 0.25) is 0 Å². The summed E-state index contributed by atoms with van der Waals surface area (Å²) in [6, 6.07) is 7.20. The van der Waals surface area contributed by atoms with Crippen LogP contribution in [0.1, 0.15) is 21.5 Å². The van der Waals surface area contributed by atoms with Crippen molar-refractivity contribution in [2.24, 2.45) is 0 Å². The Kier molecular flexibility index (Phi) is 4.86. The Bertz CT molecular complexity index is 773. The highest BCUT2D eigenvalue weighted by atomic mass is 32.2. The van der Waals surface area contributed by atoms with Crippen LogP contribution in [0.25, 0.3) is 0 Å². The molecule has 1 fully saturated rings. The summed E-state index contributed by atoms with van der Waals surface area (Å²) in [6.45, 7) is 3.57. The van der Waals surface area contributed by atoms with E-state index in [4.69, 9.17) is 0 Å². The van der Waals surface area contributed by atoms with Crippen molar-refractivity contribution in [2.75, 3.05) is 26.2 Å². The first kappa shape index (κ1) is 16.6. The van der Waals surface area contributed by atoms with E-state index in [0.29, 0.717) is 35.3 Å². The van der Waals surface area contributed by atoms with Crippen molar-refractivity contribution in [3.05, 3.63) is 39.4 Å². The normalized spacial score (nSPS) is 16.7. The third-order valence-electron chi connectivity index (χ3n) is 3.84. The molecule has 0 aromatic carbocycles. The van der Waals surface area contributed by atoms with Crippen molar-refractivity contribution in [3.8, 4) is 0 Å². The summed E-state index contributed by atoms with van der Waals surface area (Å²) < 4.78 is 27.2. The average Bonchev–Trinajstić information content (AvgIpc) is 3.25. The summed E-state index contributed by atoms with van der Waals surface area (Å²) in [4.78, 5) is 15.8. The maximum Gasteiger partial charge on any atom is 0.264 e. The van der Waals surface area contributed by atoms with Gasteiger partial charge in [-0.15, -0.1) is 22.7 Å². The van der Waals surface area contributed by atoms with Crippen molar-refractivity contribution in [3.63, 3.8) is 0 Å². The SMILES string of the molecule is CCc1ccc(S(=O)(=O)N2CCN(C(=O)c3cccs3)CC2)s1. The average molecular weight is 371 g/mol. The quantitative estimate of drug-likeness (QED) is 0.831. The van der Waals surface area contributed by atoms with Crippen LogP contribution in [0.4, 0.5) is 0 Å².